The third-order valence-corrected chi connectivity index (χ3v) is 4.70. The topological polar surface area (TPSA) is 69.0 Å². The van der Waals surface area contributed by atoms with E-state index in [0.717, 1.165) is 28.3 Å². The first-order valence-electron chi connectivity index (χ1n) is 9.45. The number of aromatic nitrogens is 3. The van der Waals surface area contributed by atoms with Gasteiger partial charge in [0.1, 0.15) is 17.1 Å². The number of nitrogens with zero attached hydrogens (tertiary/aromatic N) is 3. The van der Waals surface area contributed by atoms with Crippen molar-refractivity contribution in [1.82, 2.24) is 14.5 Å². The Hall–Kier alpha value is -3.67. The molecule has 0 fully saturated rings. The van der Waals surface area contributed by atoms with Crippen LogP contribution in [0.2, 0.25) is 0 Å². The average molecular weight is 386 g/mol. The Bertz CT molecular complexity index is 1160. The zero-order valence-electron chi connectivity index (χ0n) is 16.6. The predicted molar refractivity (Wildman–Crippen MR) is 114 cm³/mol. The number of amides is 1. The summed E-state index contributed by atoms with van der Waals surface area (Å²) in [5, 5.41) is 2.92. The molecule has 1 amide bonds. The number of rotatable bonds is 5. The van der Waals surface area contributed by atoms with Gasteiger partial charge >= 0.3 is 0 Å². The van der Waals surface area contributed by atoms with Crippen molar-refractivity contribution in [2.75, 3.05) is 12.4 Å². The van der Waals surface area contributed by atoms with Gasteiger partial charge in [0.2, 0.25) is 0 Å². The molecular weight excluding hydrogens is 364 g/mol. The first-order valence-corrected chi connectivity index (χ1v) is 9.45. The number of nitrogens with one attached hydrogen (secondary N) is 1. The van der Waals surface area contributed by atoms with Gasteiger partial charge in [0.15, 0.2) is 5.65 Å². The molecule has 0 radical (unpaired) electrons. The Morgan fingerprint density at radius 3 is 2.59 bits per heavy atom. The fraction of sp³-hybridized carbons (Fsp3) is 0.174. The Morgan fingerprint density at radius 2 is 1.86 bits per heavy atom. The maximum atomic E-state index is 12.8. The number of carbonyl (C=O) groups excluding carboxylic acids is 1. The second-order valence-electron chi connectivity index (χ2n) is 7.01. The van der Waals surface area contributed by atoms with E-state index >= 15 is 0 Å². The molecule has 0 aliphatic heterocycles. The van der Waals surface area contributed by atoms with Crippen LogP contribution in [0.5, 0.6) is 5.75 Å². The Balaban J connectivity index is 1.67. The molecule has 2 aromatic heterocycles. The van der Waals surface area contributed by atoms with Gasteiger partial charge in [-0.25, -0.2) is 9.97 Å². The molecule has 0 spiro atoms. The second kappa shape index (κ2) is 7.75. The van der Waals surface area contributed by atoms with Crippen LogP contribution in [0.1, 0.15) is 30.2 Å². The largest absolute Gasteiger partial charge is 0.497 e. The summed E-state index contributed by atoms with van der Waals surface area (Å²) in [6.07, 6.45) is 1.77. The number of imidazole rings is 1. The summed E-state index contributed by atoms with van der Waals surface area (Å²) in [6.45, 7) is 4.19. The number of benzene rings is 2. The van der Waals surface area contributed by atoms with E-state index in [0.29, 0.717) is 11.3 Å². The Kier molecular flexibility index (Phi) is 4.99. The van der Waals surface area contributed by atoms with E-state index in [4.69, 9.17) is 9.72 Å². The van der Waals surface area contributed by atoms with Crippen molar-refractivity contribution in [3.63, 3.8) is 0 Å². The van der Waals surface area contributed by atoms with E-state index < -0.39 is 0 Å². The van der Waals surface area contributed by atoms with Crippen LogP contribution >= 0.6 is 0 Å². The lowest BCUT2D eigenvalue weighted by Gasteiger charge is -2.13. The zero-order chi connectivity index (χ0) is 20.4. The van der Waals surface area contributed by atoms with Gasteiger partial charge in [0.25, 0.3) is 5.91 Å². The first kappa shape index (κ1) is 18.7. The molecule has 2 heterocycles. The minimum atomic E-state index is -0.178. The maximum absolute atomic E-state index is 12.8. The van der Waals surface area contributed by atoms with E-state index in [1.807, 2.05) is 54.6 Å². The molecule has 4 rings (SSSR count). The number of pyridine rings is 1. The van der Waals surface area contributed by atoms with E-state index in [-0.39, 0.29) is 11.9 Å². The van der Waals surface area contributed by atoms with E-state index in [1.54, 1.807) is 19.4 Å². The summed E-state index contributed by atoms with van der Waals surface area (Å²) in [5.41, 5.74) is 3.82. The van der Waals surface area contributed by atoms with E-state index in [9.17, 15) is 4.79 Å². The molecule has 0 saturated heterocycles. The lowest BCUT2D eigenvalue weighted by atomic mass is 10.1. The van der Waals surface area contributed by atoms with Crippen molar-refractivity contribution in [3.8, 4) is 17.1 Å². The number of carbonyl (C=O) groups is 1. The van der Waals surface area contributed by atoms with Crippen LogP contribution in [0.25, 0.3) is 22.6 Å². The molecule has 2 aromatic carbocycles. The van der Waals surface area contributed by atoms with Gasteiger partial charge in [0.05, 0.1) is 7.11 Å². The number of methoxy groups -OCH3 is 1. The van der Waals surface area contributed by atoms with E-state index in [1.165, 1.54) is 0 Å². The van der Waals surface area contributed by atoms with Crippen LogP contribution in [-0.4, -0.2) is 27.6 Å². The standard InChI is InChI=1S/C23H22N4O2/c1-15(2)27-21(26-20-8-5-13-24-22(20)27)16-6-4-7-17(14-16)23(28)25-18-9-11-19(29-3)12-10-18/h4-15H,1-3H3,(H,25,28). The average Bonchev–Trinajstić information content (AvgIpc) is 3.14. The fourth-order valence-electron chi connectivity index (χ4n) is 3.30. The van der Waals surface area contributed by atoms with Crippen LogP contribution in [0.4, 0.5) is 5.69 Å². The van der Waals surface area contributed by atoms with Gasteiger partial charge in [-0.05, 0) is 62.4 Å². The number of hydrogen-bond acceptors (Lipinski definition) is 4. The lowest BCUT2D eigenvalue weighted by molar-refractivity contribution is 0.102. The summed E-state index contributed by atoms with van der Waals surface area (Å²) >= 11 is 0. The number of fused-ring (bicyclic) bond motifs is 1. The number of anilines is 1. The SMILES string of the molecule is COc1ccc(NC(=O)c2cccc(-c3nc4cccnc4n3C(C)C)c2)cc1. The van der Waals surface area contributed by atoms with Gasteiger partial charge in [-0.1, -0.05) is 12.1 Å². The molecule has 6 nitrogen and oxygen atoms in total. The Morgan fingerprint density at radius 1 is 1.07 bits per heavy atom. The normalized spacial score (nSPS) is 11.0. The van der Waals surface area contributed by atoms with Crippen molar-refractivity contribution in [3.05, 3.63) is 72.4 Å². The van der Waals surface area contributed by atoms with Crippen molar-refractivity contribution in [2.45, 2.75) is 19.9 Å². The summed E-state index contributed by atoms with van der Waals surface area (Å²) in [4.78, 5) is 22.0. The van der Waals surface area contributed by atoms with Crippen molar-refractivity contribution >= 4 is 22.8 Å². The molecule has 0 atom stereocenters. The molecule has 146 valence electrons. The first-order chi connectivity index (χ1) is 14.1. The molecule has 29 heavy (non-hydrogen) atoms. The third kappa shape index (κ3) is 3.69. The predicted octanol–water partition coefficient (Wildman–Crippen LogP) is 4.94. The van der Waals surface area contributed by atoms with Gasteiger partial charge < -0.3 is 14.6 Å². The highest BCUT2D eigenvalue weighted by Crippen LogP contribution is 2.28. The minimum Gasteiger partial charge on any atom is -0.497 e. The summed E-state index contributed by atoms with van der Waals surface area (Å²) < 4.78 is 7.24. The van der Waals surface area contributed by atoms with E-state index in [2.05, 4.69) is 28.7 Å². The van der Waals surface area contributed by atoms with Crippen LogP contribution in [0.3, 0.4) is 0 Å². The Labute approximate surface area is 169 Å². The van der Waals surface area contributed by atoms with Gasteiger partial charge in [-0.15, -0.1) is 0 Å². The molecule has 0 unspecified atom stereocenters. The molecule has 6 heteroatoms. The lowest BCUT2D eigenvalue weighted by Crippen LogP contribution is -2.12. The molecule has 1 N–H and O–H groups in total. The smallest absolute Gasteiger partial charge is 0.255 e. The molecule has 0 aliphatic carbocycles. The van der Waals surface area contributed by atoms with Crippen LogP contribution in [-0.2, 0) is 0 Å². The highest BCUT2D eigenvalue weighted by Gasteiger charge is 2.17. The third-order valence-electron chi connectivity index (χ3n) is 4.70. The van der Waals surface area contributed by atoms with Gasteiger partial charge in [0, 0.05) is 29.1 Å². The van der Waals surface area contributed by atoms with Crippen LogP contribution in [0.15, 0.2) is 66.9 Å². The quantitative estimate of drug-likeness (QED) is 0.527. The minimum absolute atomic E-state index is 0.178. The molecule has 0 bridgehead atoms. The highest BCUT2D eigenvalue weighted by molar-refractivity contribution is 6.05. The summed E-state index contributed by atoms with van der Waals surface area (Å²) in [7, 11) is 1.61. The van der Waals surface area contributed by atoms with Gasteiger partial charge in [-0.3, -0.25) is 4.79 Å². The van der Waals surface area contributed by atoms with Crippen molar-refractivity contribution in [2.24, 2.45) is 0 Å². The number of hydrogen-bond donors (Lipinski definition) is 1. The molecular formula is C23H22N4O2. The second-order valence-corrected chi connectivity index (χ2v) is 7.01. The summed E-state index contributed by atoms with van der Waals surface area (Å²) in [5.74, 6) is 1.36. The van der Waals surface area contributed by atoms with Crippen molar-refractivity contribution < 1.29 is 9.53 Å². The molecule has 0 aliphatic rings. The van der Waals surface area contributed by atoms with Gasteiger partial charge in [-0.2, -0.15) is 0 Å². The van der Waals surface area contributed by atoms with Crippen molar-refractivity contribution in [1.29, 1.82) is 0 Å². The highest BCUT2D eigenvalue weighted by atomic mass is 16.5. The number of ether oxygens (including phenoxy) is 1. The van der Waals surface area contributed by atoms with Crippen LogP contribution in [0, 0.1) is 0 Å². The zero-order valence-corrected chi connectivity index (χ0v) is 16.6. The van der Waals surface area contributed by atoms with Crippen LogP contribution < -0.4 is 10.1 Å². The summed E-state index contributed by atoms with van der Waals surface area (Å²) in [6, 6.07) is 18.7. The fourth-order valence-corrected chi connectivity index (χ4v) is 3.30. The monoisotopic (exact) mass is 386 g/mol. The maximum Gasteiger partial charge on any atom is 0.255 e. The molecule has 4 aromatic rings. The molecule has 0 saturated carbocycles.